The Morgan fingerprint density at radius 1 is 1.05 bits per heavy atom. The second-order valence-corrected chi connectivity index (χ2v) is 11.1. The van der Waals surface area contributed by atoms with Crippen LogP contribution in [0.3, 0.4) is 0 Å². The molecule has 202 valence electrons. The summed E-state index contributed by atoms with van der Waals surface area (Å²) in [5, 5.41) is -1.01. The lowest BCUT2D eigenvalue weighted by molar-refractivity contribution is -0.319. The van der Waals surface area contributed by atoms with E-state index < -0.39 is 87.9 Å². The second kappa shape index (κ2) is 8.94. The fraction of sp³-hybridized carbons (Fsp3) is 0.654. The maximum atomic E-state index is 13.4. The molecule has 4 aliphatic rings. The third-order valence-electron chi connectivity index (χ3n) is 8.18. The number of ketones is 1. The first kappa shape index (κ1) is 27.3. The Bertz CT molecular complexity index is 1110. The van der Waals surface area contributed by atoms with E-state index in [1.807, 2.05) is 0 Å². The maximum Gasteiger partial charge on any atom is 0.312 e. The van der Waals surface area contributed by atoms with Gasteiger partial charge < -0.3 is 23.7 Å². The Labute approximate surface area is 219 Å². The van der Waals surface area contributed by atoms with Gasteiger partial charge in [0, 0.05) is 32.6 Å². The molecule has 0 amide bonds. The number of esters is 4. The number of hydrogen-bond donors (Lipinski definition) is 0. The lowest BCUT2D eigenvalue weighted by atomic mass is 9.52. The van der Waals surface area contributed by atoms with Crippen LogP contribution < -0.4 is 0 Å². The summed E-state index contributed by atoms with van der Waals surface area (Å²) < 4.78 is 29.7. The van der Waals surface area contributed by atoms with Gasteiger partial charge in [0.2, 0.25) is 0 Å². The molecular weight excluding hydrogens is 508 g/mol. The fourth-order valence-electron chi connectivity index (χ4n) is 6.68. The summed E-state index contributed by atoms with van der Waals surface area (Å²) in [5.74, 6) is -5.33. The molecule has 3 aliphatic heterocycles. The summed E-state index contributed by atoms with van der Waals surface area (Å²) in [6.45, 7) is 12.4. The van der Waals surface area contributed by atoms with Gasteiger partial charge in [0.1, 0.15) is 18.3 Å². The second-order valence-electron chi connectivity index (χ2n) is 10.7. The van der Waals surface area contributed by atoms with Gasteiger partial charge in [-0.15, -0.1) is 11.6 Å². The first-order valence-corrected chi connectivity index (χ1v) is 12.5. The van der Waals surface area contributed by atoms with Gasteiger partial charge >= 0.3 is 23.9 Å². The zero-order valence-corrected chi connectivity index (χ0v) is 22.3. The van der Waals surface area contributed by atoms with Gasteiger partial charge in [-0.25, -0.2) is 0 Å². The van der Waals surface area contributed by atoms with Crippen molar-refractivity contribution >= 4 is 41.3 Å². The van der Waals surface area contributed by atoms with Crippen LogP contribution >= 0.6 is 11.6 Å². The highest BCUT2D eigenvalue weighted by atomic mass is 35.5. The summed E-state index contributed by atoms with van der Waals surface area (Å²) >= 11 is 6.81. The molecular formula is C26H31ClO10. The standard InChI is InChI=1S/C26H31ClO10/c1-11-10-16(33-13(3)28)20-24(6)9-8-17(31)25(7,36-15(5)30)19(24)22(34-14(4)29)26(37-20)12(2)23(32)35-21(26)18(11)27/h8-9,12,16,18-22H,1,10H2,2-7H3/t12-,16+,18-,19+,20?,21-,22+,24-,25+,26-/m0/s1. The molecule has 0 saturated carbocycles. The topological polar surface area (TPSA) is 131 Å². The summed E-state index contributed by atoms with van der Waals surface area (Å²) in [5.41, 5.74) is -4.32. The van der Waals surface area contributed by atoms with Crippen molar-refractivity contribution in [1.82, 2.24) is 0 Å². The molecule has 10 atom stereocenters. The minimum Gasteiger partial charge on any atom is -0.459 e. The first-order chi connectivity index (χ1) is 17.1. The van der Waals surface area contributed by atoms with Crippen molar-refractivity contribution < 1.29 is 47.7 Å². The van der Waals surface area contributed by atoms with Gasteiger partial charge in [0.15, 0.2) is 23.1 Å². The molecule has 1 unspecified atom stereocenters. The van der Waals surface area contributed by atoms with Crippen molar-refractivity contribution in [3.8, 4) is 0 Å². The summed E-state index contributed by atoms with van der Waals surface area (Å²) in [7, 11) is 0. The number of ether oxygens (including phenoxy) is 5. The number of carbonyl (C=O) groups is 5. The molecule has 0 aromatic rings. The number of fused-ring (bicyclic) bond motifs is 3. The number of hydrogen-bond acceptors (Lipinski definition) is 10. The molecule has 10 nitrogen and oxygen atoms in total. The van der Waals surface area contributed by atoms with Crippen molar-refractivity contribution in [3.63, 3.8) is 0 Å². The molecule has 37 heavy (non-hydrogen) atoms. The maximum absolute atomic E-state index is 13.4. The molecule has 2 bridgehead atoms. The van der Waals surface area contributed by atoms with Crippen molar-refractivity contribution in [3.05, 3.63) is 24.3 Å². The first-order valence-electron chi connectivity index (χ1n) is 12.1. The van der Waals surface area contributed by atoms with Crippen LogP contribution in [0.2, 0.25) is 0 Å². The van der Waals surface area contributed by atoms with Gasteiger partial charge in [-0.2, -0.15) is 0 Å². The predicted octanol–water partition coefficient (Wildman–Crippen LogP) is 2.20. The Morgan fingerprint density at radius 3 is 2.24 bits per heavy atom. The highest BCUT2D eigenvalue weighted by Crippen LogP contribution is 2.62. The molecule has 0 N–H and O–H groups in total. The monoisotopic (exact) mass is 538 g/mol. The molecule has 0 aromatic carbocycles. The third-order valence-corrected chi connectivity index (χ3v) is 8.72. The van der Waals surface area contributed by atoms with Gasteiger partial charge in [-0.3, -0.25) is 24.0 Å². The van der Waals surface area contributed by atoms with Crippen LogP contribution in [-0.2, 0) is 47.7 Å². The zero-order valence-electron chi connectivity index (χ0n) is 21.6. The molecule has 0 radical (unpaired) electrons. The van der Waals surface area contributed by atoms with E-state index in [-0.39, 0.29) is 6.42 Å². The van der Waals surface area contributed by atoms with E-state index in [1.54, 1.807) is 19.9 Å². The lowest BCUT2D eigenvalue weighted by Gasteiger charge is -2.63. The third kappa shape index (κ3) is 3.91. The van der Waals surface area contributed by atoms with E-state index in [1.165, 1.54) is 33.8 Å². The molecule has 3 fully saturated rings. The van der Waals surface area contributed by atoms with Gasteiger partial charge in [0.05, 0.1) is 17.2 Å². The van der Waals surface area contributed by atoms with E-state index >= 15 is 0 Å². The predicted molar refractivity (Wildman–Crippen MR) is 127 cm³/mol. The van der Waals surface area contributed by atoms with Gasteiger partial charge in [-0.1, -0.05) is 25.2 Å². The van der Waals surface area contributed by atoms with Gasteiger partial charge in [0.25, 0.3) is 0 Å². The summed E-state index contributed by atoms with van der Waals surface area (Å²) in [6.07, 6.45) is -1.49. The Hall–Kier alpha value is -2.72. The largest absolute Gasteiger partial charge is 0.459 e. The van der Waals surface area contributed by atoms with Crippen molar-refractivity contribution in [2.24, 2.45) is 17.3 Å². The van der Waals surface area contributed by atoms with Crippen molar-refractivity contribution in [2.45, 2.75) is 89.0 Å². The SMILES string of the molecule is C=C1C[C@@H](OC(C)=O)C2O[C@@]3([C@H](OC(C)=O)[C@H]4[C@](C)(OC(C)=O)C(=O)C=C[C@]24C)[C@@H](C)C(=O)O[C@H]3[C@H]1Cl. The minimum atomic E-state index is -1.83. The normalized spacial score (nSPS) is 44.5. The smallest absolute Gasteiger partial charge is 0.312 e. The number of rotatable bonds is 3. The number of carbonyl (C=O) groups excluding carboxylic acids is 5. The Morgan fingerprint density at radius 2 is 1.68 bits per heavy atom. The molecule has 4 rings (SSSR count). The average molecular weight is 539 g/mol. The van der Waals surface area contributed by atoms with Crippen molar-refractivity contribution in [1.29, 1.82) is 0 Å². The van der Waals surface area contributed by atoms with Crippen LogP contribution in [0.25, 0.3) is 0 Å². The van der Waals surface area contributed by atoms with E-state index in [2.05, 4.69) is 6.58 Å². The van der Waals surface area contributed by atoms with Crippen LogP contribution in [-0.4, -0.2) is 70.7 Å². The lowest BCUT2D eigenvalue weighted by Crippen LogP contribution is -2.77. The van der Waals surface area contributed by atoms with E-state index in [4.69, 9.17) is 35.3 Å². The molecule has 1 spiro atoms. The molecule has 3 heterocycles. The Kier molecular flexibility index (Phi) is 6.60. The van der Waals surface area contributed by atoms with Crippen LogP contribution in [0, 0.1) is 17.3 Å². The summed E-state index contributed by atoms with van der Waals surface area (Å²) in [4.78, 5) is 63.4. The van der Waals surface area contributed by atoms with Crippen LogP contribution in [0.5, 0.6) is 0 Å². The zero-order chi connectivity index (χ0) is 27.7. The highest BCUT2D eigenvalue weighted by Gasteiger charge is 2.77. The highest BCUT2D eigenvalue weighted by molar-refractivity contribution is 6.23. The van der Waals surface area contributed by atoms with Crippen LogP contribution in [0.1, 0.15) is 48.0 Å². The molecule has 0 aromatic heterocycles. The Balaban J connectivity index is 2.08. The molecule has 11 heteroatoms. The van der Waals surface area contributed by atoms with E-state index in [0.29, 0.717) is 5.57 Å². The minimum absolute atomic E-state index is 0.0729. The quantitative estimate of drug-likeness (QED) is 0.228. The van der Waals surface area contributed by atoms with Crippen LogP contribution in [0.15, 0.2) is 24.3 Å². The van der Waals surface area contributed by atoms with Crippen molar-refractivity contribution in [2.75, 3.05) is 0 Å². The number of halogens is 1. The van der Waals surface area contributed by atoms with E-state index in [0.717, 1.165) is 0 Å². The number of alkyl halides is 1. The average Bonchev–Trinajstić information content (AvgIpc) is 3.01. The molecule has 1 aliphatic carbocycles. The van der Waals surface area contributed by atoms with E-state index in [9.17, 15) is 24.0 Å². The van der Waals surface area contributed by atoms with Crippen LogP contribution in [0.4, 0.5) is 0 Å². The van der Waals surface area contributed by atoms with Gasteiger partial charge in [-0.05, 0) is 19.9 Å². The molecule has 3 saturated heterocycles. The summed E-state index contributed by atoms with van der Waals surface area (Å²) in [6, 6.07) is 0. The fourth-order valence-corrected chi connectivity index (χ4v) is 7.02.